The average Bonchev–Trinajstić information content (AvgIpc) is 2.53. The number of aldehydes is 1. The first-order valence-electron chi connectivity index (χ1n) is 7.20. The molecule has 5 heteroatoms. The highest BCUT2D eigenvalue weighted by molar-refractivity contribution is 6.32. The SMILES string of the molecule is COc1cc(C=O)cc(Cl)c1OCCOc1ccc(C)cc1C. The zero-order valence-electron chi connectivity index (χ0n) is 13.4. The lowest BCUT2D eigenvalue weighted by Gasteiger charge is -2.14. The van der Waals surface area contributed by atoms with Crippen molar-refractivity contribution in [1.29, 1.82) is 0 Å². The molecule has 2 aromatic carbocycles. The summed E-state index contributed by atoms with van der Waals surface area (Å²) in [6.45, 7) is 4.72. The van der Waals surface area contributed by atoms with Crippen LogP contribution in [0.4, 0.5) is 0 Å². The Balaban J connectivity index is 1.97. The van der Waals surface area contributed by atoms with Crippen molar-refractivity contribution in [2.24, 2.45) is 0 Å². The van der Waals surface area contributed by atoms with Crippen molar-refractivity contribution in [2.75, 3.05) is 20.3 Å². The van der Waals surface area contributed by atoms with E-state index in [9.17, 15) is 4.79 Å². The number of halogens is 1. The molecule has 0 aromatic heterocycles. The normalized spacial score (nSPS) is 10.3. The van der Waals surface area contributed by atoms with E-state index in [4.69, 9.17) is 25.8 Å². The summed E-state index contributed by atoms with van der Waals surface area (Å²) >= 11 is 6.13. The van der Waals surface area contributed by atoms with E-state index in [0.717, 1.165) is 11.3 Å². The van der Waals surface area contributed by atoms with E-state index in [-0.39, 0.29) is 0 Å². The monoisotopic (exact) mass is 334 g/mol. The lowest BCUT2D eigenvalue weighted by Crippen LogP contribution is -2.10. The molecule has 0 unspecified atom stereocenters. The second-order valence-corrected chi connectivity index (χ2v) is 5.53. The van der Waals surface area contributed by atoms with Crippen molar-refractivity contribution < 1.29 is 19.0 Å². The van der Waals surface area contributed by atoms with Gasteiger partial charge in [-0.05, 0) is 37.6 Å². The van der Waals surface area contributed by atoms with Gasteiger partial charge in [0.05, 0.1) is 12.1 Å². The van der Waals surface area contributed by atoms with Gasteiger partial charge in [-0.2, -0.15) is 0 Å². The summed E-state index contributed by atoms with van der Waals surface area (Å²) in [5, 5.41) is 0.331. The van der Waals surface area contributed by atoms with Crippen molar-refractivity contribution >= 4 is 17.9 Å². The number of carbonyl (C=O) groups excluding carboxylic acids is 1. The number of hydrogen-bond donors (Lipinski definition) is 0. The van der Waals surface area contributed by atoms with Gasteiger partial charge >= 0.3 is 0 Å². The fraction of sp³-hybridized carbons (Fsp3) is 0.278. The van der Waals surface area contributed by atoms with Crippen LogP contribution in [0.2, 0.25) is 5.02 Å². The molecule has 0 fully saturated rings. The van der Waals surface area contributed by atoms with E-state index in [2.05, 4.69) is 6.07 Å². The van der Waals surface area contributed by atoms with Crippen LogP contribution >= 0.6 is 11.6 Å². The van der Waals surface area contributed by atoms with E-state index in [1.807, 2.05) is 26.0 Å². The Morgan fingerprint density at radius 1 is 1.04 bits per heavy atom. The van der Waals surface area contributed by atoms with Crippen LogP contribution in [0.5, 0.6) is 17.2 Å². The maximum atomic E-state index is 10.8. The van der Waals surface area contributed by atoms with Crippen LogP contribution in [0.3, 0.4) is 0 Å². The molecule has 0 atom stereocenters. The minimum Gasteiger partial charge on any atom is -0.493 e. The van der Waals surface area contributed by atoms with Gasteiger partial charge in [0.2, 0.25) is 0 Å². The Kier molecular flexibility index (Phi) is 5.88. The van der Waals surface area contributed by atoms with Crippen molar-refractivity contribution in [3.63, 3.8) is 0 Å². The minimum atomic E-state index is 0.309. The highest BCUT2D eigenvalue weighted by Gasteiger charge is 2.12. The van der Waals surface area contributed by atoms with Gasteiger partial charge < -0.3 is 14.2 Å². The van der Waals surface area contributed by atoms with Crippen LogP contribution in [-0.2, 0) is 0 Å². The summed E-state index contributed by atoms with van der Waals surface area (Å²) < 4.78 is 16.6. The summed E-state index contributed by atoms with van der Waals surface area (Å²) in [6, 6.07) is 9.13. The third kappa shape index (κ3) is 4.39. The van der Waals surface area contributed by atoms with Crippen molar-refractivity contribution in [3.05, 3.63) is 52.0 Å². The highest BCUT2D eigenvalue weighted by Crippen LogP contribution is 2.36. The number of ether oxygens (including phenoxy) is 3. The molecule has 0 aliphatic heterocycles. The lowest BCUT2D eigenvalue weighted by molar-refractivity contribution is 0.112. The molecule has 0 aliphatic rings. The fourth-order valence-corrected chi connectivity index (χ4v) is 2.48. The van der Waals surface area contributed by atoms with E-state index in [0.29, 0.717) is 41.6 Å². The highest BCUT2D eigenvalue weighted by atomic mass is 35.5. The molecule has 0 heterocycles. The molecule has 0 aliphatic carbocycles. The summed E-state index contributed by atoms with van der Waals surface area (Å²) in [5.74, 6) is 1.66. The molecular formula is C18H19ClO4. The molecule has 4 nitrogen and oxygen atoms in total. The molecule has 2 aromatic rings. The van der Waals surface area contributed by atoms with Gasteiger partial charge in [-0.1, -0.05) is 29.3 Å². The van der Waals surface area contributed by atoms with Crippen LogP contribution in [0.25, 0.3) is 0 Å². The molecule has 0 amide bonds. The van der Waals surface area contributed by atoms with Crippen LogP contribution in [-0.4, -0.2) is 26.6 Å². The van der Waals surface area contributed by atoms with Gasteiger partial charge in [0.1, 0.15) is 25.2 Å². The van der Waals surface area contributed by atoms with Gasteiger partial charge in [0, 0.05) is 5.56 Å². The number of benzene rings is 2. The average molecular weight is 335 g/mol. The summed E-state index contributed by atoms with van der Waals surface area (Å²) in [5.41, 5.74) is 2.71. The number of aryl methyl sites for hydroxylation is 2. The Bertz CT molecular complexity index is 698. The first-order chi connectivity index (χ1) is 11.0. The summed E-state index contributed by atoms with van der Waals surface area (Å²) in [6.07, 6.45) is 0.710. The molecule has 23 heavy (non-hydrogen) atoms. The minimum absolute atomic E-state index is 0.309. The largest absolute Gasteiger partial charge is 0.493 e. The number of carbonyl (C=O) groups is 1. The third-order valence-electron chi connectivity index (χ3n) is 3.31. The van der Waals surface area contributed by atoms with E-state index in [1.165, 1.54) is 18.7 Å². The van der Waals surface area contributed by atoms with Crippen LogP contribution in [0, 0.1) is 13.8 Å². The van der Waals surface area contributed by atoms with E-state index in [1.54, 1.807) is 6.07 Å². The number of rotatable bonds is 7. The Labute approximate surface area is 140 Å². The van der Waals surface area contributed by atoms with Crippen molar-refractivity contribution in [3.8, 4) is 17.2 Å². The van der Waals surface area contributed by atoms with Gasteiger partial charge in [-0.25, -0.2) is 0 Å². The lowest BCUT2D eigenvalue weighted by atomic mass is 10.1. The topological polar surface area (TPSA) is 44.8 Å². The van der Waals surface area contributed by atoms with E-state index >= 15 is 0 Å². The zero-order valence-corrected chi connectivity index (χ0v) is 14.1. The van der Waals surface area contributed by atoms with Gasteiger partial charge in [-0.3, -0.25) is 4.79 Å². The molecule has 0 spiro atoms. The predicted molar refractivity (Wildman–Crippen MR) is 90.3 cm³/mol. The maximum Gasteiger partial charge on any atom is 0.179 e. The van der Waals surface area contributed by atoms with Crippen LogP contribution < -0.4 is 14.2 Å². The second kappa shape index (κ2) is 7.88. The van der Waals surface area contributed by atoms with Gasteiger partial charge in [0.15, 0.2) is 11.5 Å². The molecule has 0 bridgehead atoms. The van der Waals surface area contributed by atoms with Gasteiger partial charge in [0.25, 0.3) is 0 Å². The smallest absolute Gasteiger partial charge is 0.179 e. The van der Waals surface area contributed by atoms with Crippen molar-refractivity contribution in [1.82, 2.24) is 0 Å². The maximum absolute atomic E-state index is 10.8. The standard InChI is InChI=1S/C18H19ClO4/c1-12-4-5-16(13(2)8-12)22-6-7-23-18-15(19)9-14(11-20)10-17(18)21-3/h4-5,8-11H,6-7H2,1-3H3. The quantitative estimate of drug-likeness (QED) is 0.561. The fourth-order valence-electron chi connectivity index (χ4n) is 2.20. The third-order valence-corrected chi connectivity index (χ3v) is 3.59. The van der Waals surface area contributed by atoms with Crippen molar-refractivity contribution in [2.45, 2.75) is 13.8 Å². The molecule has 0 N–H and O–H groups in total. The molecular weight excluding hydrogens is 316 g/mol. The van der Waals surface area contributed by atoms with Gasteiger partial charge in [-0.15, -0.1) is 0 Å². The zero-order chi connectivity index (χ0) is 16.8. The van der Waals surface area contributed by atoms with E-state index < -0.39 is 0 Å². The first kappa shape index (κ1) is 17.2. The van der Waals surface area contributed by atoms with Crippen LogP contribution in [0.15, 0.2) is 30.3 Å². The Hall–Kier alpha value is -2.20. The second-order valence-electron chi connectivity index (χ2n) is 5.12. The molecule has 2 rings (SSSR count). The molecule has 122 valence electrons. The summed E-state index contributed by atoms with van der Waals surface area (Å²) in [7, 11) is 1.50. The summed E-state index contributed by atoms with van der Waals surface area (Å²) in [4.78, 5) is 10.8. The first-order valence-corrected chi connectivity index (χ1v) is 7.58. The molecule has 0 saturated carbocycles. The number of hydrogen-bond acceptors (Lipinski definition) is 4. The predicted octanol–water partition coefficient (Wildman–Crippen LogP) is 4.24. The molecule has 0 radical (unpaired) electrons. The van der Waals surface area contributed by atoms with Crippen LogP contribution in [0.1, 0.15) is 21.5 Å². The Morgan fingerprint density at radius 2 is 1.78 bits per heavy atom. The number of methoxy groups -OCH3 is 1. The molecule has 0 saturated heterocycles. The Morgan fingerprint density at radius 3 is 2.43 bits per heavy atom.